The molecular formula is C16H24N2O. The molecule has 0 aliphatic carbocycles. The maximum Gasteiger partial charge on any atom is 0.222 e. The Morgan fingerprint density at radius 1 is 1.32 bits per heavy atom. The molecule has 0 radical (unpaired) electrons. The van der Waals surface area contributed by atoms with Gasteiger partial charge in [-0.05, 0) is 32.8 Å². The number of carbonyl (C=O) groups excluding carboxylic acids is 1. The predicted octanol–water partition coefficient (Wildman–Crippen LogP) is 2.06. The summed E-state index contributed by atoms with van der Waals surface area (Å²) < 4.78 is 0. The number of nitrogens with zero attached hydrogens (tertiary/aromatic N) is 1. The maximum atomic E-state index is 12.2. The number of aryl methyl sites for hydroxylation is 3. The molecule has 1 N–H and O–H groups in total. The third-order valence-electron chi connectivity index (χ3n) is 3.63. The highest BCUT2D eigenvalue weighted by atomic mass is 16.2. The molecule has 1 aromatic rings. The zero-order chi connectivity index (χ0) is 13.8. The zero-order valence-corrected chi connectivity index (χ0v) is 12.2. The lowest BCUT2D eigenvalue weighted by atomic mass is 10.0. The average Bonchev–Trinajstić information content (AvgIpc) is 2.35. The molecule has 19 heavy (non-hydrogen) atoms. The molecule has 3 heteroatoms. The molecule has 0 spiro atoms. The molecule has 1 atom stereocenters. The predicted molar refractivity (Wildman–Crippen MR) is 78.3 cm³/mol. The topological polar surface area (TPSA) is 32.3 Å². The fraction of sp³-hybridized carbons (Fsp3) is 0.562. The fourth-order valence-corrected chi connectivity index (χ4v) is 2.78. The van der Waals surface area contributed by atoms with E-state index in [1.807, 2.05) is 4.90 Å². The van der Waals surface area contributed by atoms with Crippen LogP contribution in [0.3, 0.4) is 0 Å². The normalized spacial score (nSPS) is 19.5. The van der Waals surface area contributed by atoms with Crippen LogP contribution >= 0.6 is 0 Å². The van der Waals surface area contributed by atoms with Crippen LogP contribution in [0.25, 0.3) is 0 Å². The van der Waals surface area contributed by atoms with E-state index < -0.39 is 0 Å². The van der Waals surface area contributed by atoms with E-state index in [-0.39, 0.29) is 5.91 Å². The Labute approximate surface area is 116 Å². The van der Waals surface area contributed by atoms with Crippen LogP contribution in [0.4, 0.5) is 0 Å². The molecule has 1 aliphatic rings. The smallest absolute Gasteiger partial charge is 0.222 e. The number of carbonyl (C=O) groups is 1. The van der Waals surface area contributed by atoms with Crippen LogP contribution in [0.5, 0.6) is 0 Å². The summed E-state index contributed by atoms with van der Waals surface area (Å²) in [7, 11) is 0. The Morgan fingerprint density at radius 3 is 2.63 bits per heavy atom. The summed E-state index contributed by atoms with van der Waals surface area (Å²) in [6, 6.07) is 6.95. The van der Waals surface area contributed by atoms with Gasteiger partial charge in [0.25, 0.3) is 0 Å². The minimum Gasteiger partial charge on any atom is -0.340 e. The standard InChI is InChI=1S/C16H24N2O/c1-12-8-13(2)10-15(9-12)4-5-16(19)18-7-6-17-14(3)11-18/h8-10,14,17H,4-7,11H2,1-3H3/t14-/m1/s1. The first kappa shape index (κ1) is 14.1. The minimum atomic E-state index is 0.285. The summed E-state index contributed by atoms with van der Waals surface area (Å²) in [6.07, 6.45) is 1.47. The molecule has 1 saturated heterocycles. The number of hydrogen-bond donors (Lipinski definition) is 1. The minimum absolute atomic E-state index is 0.285. The van der Waals surface area contributed by atoms with E-state index in [9.17, 15) is 4.79 Å². The van der Waals surface area contributed by atoms with Crippen LogP contribution < -0.4 is 5.32 Å². The van der Waals surface area contributed by atoms with Gasteiger partial charge in [-0.3, -0.25) is 4.79 Å². The van der Waals surface area contributed by atoms with Crippen LogP contribution in [0.1, 0.15) is 30.0 Å². The third kappa shape index (κ3) is 4.06. The zero-order valence-electron chi connectivity index (χ0n) is 12.2. The number of piperazine rings is 1. The number of hydrogen-bond acceptors (Lipinski definition) is 2. The lowest BCUT2D eigenvalue weighted by Crippen LogP contribution is -2.51. The van der Waals surface area contributed by atoms with E-state index in [2.05, 4.69) is 44.3 Å². The molecule has 1 heterocycles. The van der Waals surface area contributed by atoms with Gasteiger partial charge in [-0.15, -0.1) is 0 Å². The van der Waals surface area contributed by atoms with Crippen LogP contribution in [0.15, 0.2) is 18.2 Å². The molecule has 1 fully saturated rings. The molecule has 1 aromatic carbocycles. The van der Waals surface area contributed by atoms with Crippen molar-refractivity contribution in [1.29, 1.82) is 0 Å². The Kier molecular flexibility index (Phi) is 4.59. The second kappa shape index (κ2) is 6.20. The van der Waals surface area contributed by atoms with Crippen molar-refractivity contribution < 1.29 is 4.79 Å². The molecular weight excluding hydrogens is 236 g/mol. The second-order valence-electron chi connectivity index (χ2n) is 5.69. The van der Waals surface area contributed by atoms with E-state index in [4.69, 9.17) is 0 Å². The summed E-state index contributed by atoms with van der Waals surface area (Å²) in [5.74, 6) is 0.285. The molecule has 2 rings (SSSR count). The highest BCUT2D eigenvalue weighted by Gasteiger charge is 2.19. The van der Waals surface area contributed by atoms with Gasteiger partial charge < -0.3 is 10.2 Å². The first-order chi connectivity index (χ1) is 9.04. The number of nitrogens with one attached hydrogen (secondary N) is 1. The summed E-state index contributed by atoms with van der Waals surface area (Å²) >= 11 is 0. The van der Waals surface area contributed by atoms with Crippen LogP contribution in [-0.4, -0.2) is 36.5 Å². The lowest BCUT2D eigenvalue weighted by molar-refractivity contribution is -0.132. The van der Waals surface area contributed by atoms with Crippen molar-refractivity contribution in [3.8, 4) is 0 Å². The Morgan fingerprint density at radius 2 is 2.00 bits per heavy atom. The summed E-state index contributed by atoms with van der Waals surface area (Å²) in [5, 5.41) is 3.36. The van der Waals surface area contributed by atoms with Crippen LogP contribution in [0, 0.1) is 13.8 Å². The van der Waals surface area contributed by atoms with E-state index in [0.717, 1.165) is 26.1 Å². The molecule has 0 unspecified atom stereocenters. The Hall–Kier alpha value is -1.35. The molecule has 3 nitrogen and oxygen atoms in total. The first-order valence-electron chi connectivity index (χ1n) is 7.13. The summed E-state index contributed by atoms with van der Waals surface area (Å²) in [4.78, 5) is 14.2. The van der Waals surface area contributed by atoms with Crippen LogP contribution in [-0.2, 0) is 11.2 Å². The molecule has 0 aromatic heterocycles. The largest absolute Gasteiger partial charge is 0.340 e. The third-order valence-corrected chi connectivity index (χ3v) is 3.63. The lowest BCUT2D eigenvalue weighted by Gasteiger charge is -2.32. The molecule has 104 valence electrons. The number of amides is 1. The van der Waals surface area contributed by atoms with Crippen molar-refractivity contribution in [2.45, 2.75) is 39.7 Å². The van der Waals surface area contributed by atoms with Crippen molar-refractivity contribution >= 4 is 5.91 Å². The van der Waals surface area contributed by atoms with E-state index in [0.29, 0.717) is 12.5 Å². The van der Waals surface area contributed by atoms with Gasteiger partial charge in [0, 0.05) is 32.1 Å². The quantitative estimate of drug-likeness (QED) is 0.902. The highest BCUT2D eigenvalue weighted by Crippen LogP contribution is 2.12. The van der Waals surface area contributed by atoms with Gasteiger partial charge in [0.05, 0.1) is 0 Å². The van der Waals surface area contributed by atoms with E-state index in [1.165, 1.54) is 16.7 Å². The van der Waals surface area contributed by atoms with Gasteiger partial charge in [-0.25, -0.2) is 0 Å². The van der Waals surface area contributed by atoms with Gasteiger partial charge in [-0.2, -0.15) is 0 Å². The second-order valence-corrected chi connectivity index (χ2v) is 5.69. The van der Waals surface area contributed by atoms with Gasteiger partial charge in [0.2, 0.25) is 5.91 Å². The molecule has 1 amide bonds. The summed E-state index contributed by atoms with van der Waals surface area (Å²) in [5.41, 5.74) is 3.82. The van der Waals surface area contributed by atoms with Crippen molar-refractivity contribution in [3.63, 3.8) is 0 Å². The van der Waals surface area contributed by atoms with Gasteiger partial charge in [-0.1, -0.05) is 29.3 Å². The van der Waals surface area contributed by atoms with Gasteiger partial charge >= 0.3 is 0 Å². The van der Waals surface area contributed by atoms with Crippen LogP contribution in [0.2, 0.25) is 0 Å². The SMILES string of the molecule is Cc1cc(C)cc(CCC(=O)N2CCN[C@H](C)C2)c1. The fourth-order valence-electron chi connectivity index (χ4n) is 2.78. The van der Waals surface area contributed by atoms with Crippen molar-refractivity contribution in [3.05, 3.63) is 34.9 Å². The van der Waals surface area contributed by atoms with Gasteiger partial charge in [0.15, 0.2) is 0 Å². The van der Waals surface area contributed by atoms with Crippen molar-refractivity contribution in [1.82, 2.24) is 10.2 Å². The number of benzene rings is 1. The average molecular weight is 260 g/mol. The van der Waals surface area contributed by atoms with Crippen molar-refractivity contribution in [2.75, 3.05) is 19.6 Å². The molecule has 0 saturated carbocycles. The maximum absolute atomic E-state index is 12.2. The van der Waals surface area contributed by atoms with Crippen molar-refractivity contribution in [2.24, 2.45) is 0 Å². The molecule has 1 aliphatic heterocycles. The first-order valence-corrected chi connectivity index (χ1v) is 7.13. The Balaban J connectivity index is 1.89. The Bertz CT molecular complexity index is 436. The van der Waals surface area contributed by atoms with Gasteiger partial charge in [0.1, 0.15) is 0 Å². The number of rotatable bonds is 3. The van der Waals surface area contributed by atoms with E-state index >= 15 is 0 Å². The van der Waals surface area contributed by atoms with E-state index in [1.54, 1.807) is 0 Å². The monoisotopic (exact) mass is 260 g/mol. The summed E-state index contributed by atoms with van der Waals surface area (Å²) in [6.45, 7) is 8.94. The molecule has 0 bridgehead atoms. The highest BCUT2D eigenvalue weighted by molar-refractivity contribution is 5.76.